The first kappa shape index (κ1) is 26.4. The molecule has 1 unspecified atom stereocenters. The van der Waals surface area contributed by atoms with E-state index in [0.29, 0.717) is 54.7 Å². The average molecular weight is 558 g/mol. The summed E-state index contributed by atoms with van der Waals surface area (Å²) in [5, 5.41) is 5.75. The number of piperazine rings is 1. The Labute approximate surface area is 233 Å². The van der Waals surface area contributed by atoms with E-state index in [9.17, 15) is 18.0 Å². The lowest BCUT2D eigenvalue weighted by Gasteiger charge is -2.26. The number of anilines is 1. The van der Waals surface area contributed by atoms with Crippen LogP contribution in [0, 0.1) is 5.92 Å². The van der Waals surface area contributed by atoms with Gasteiger partial charge in [-0.3, -0.25) is 19.5 Å². The summed E-state index contributed by atoms with van der Waals surface area (Å²) < 4.78 is 28.7. The molecule has 1 atom stereocenters. The summed E-state index contributed by atoms with van der Waals surface area (Å²) in [6.45, 7) is 2.91. The molecule has 3 aromatic rings. The molecule has 2 fully saturated rings. The number of fused-ring (bicyclic) bond motifs is 1. The second-order valence-electron chi connectivity index (χ2n) is 10.6. The van der Waals surface area contributed by atoms with Crippen LogP contribution in [0.3, 0.4) is 0 Å². The van der Waals surface area contributed by atoms with Crippen molar-refractivity contribution in [3.63, 3.8) is 0 Å². The molecule has 0 bridgehead atoms. The molecule has 2 heterocycles. The summed E-state index contributed by atoms with van der Waals surface area (Å²) in [5.41, 5.74) is 4.22. The van der Waals surface area contributed by atoms with Gasteiger partial charge in [0.15, 0.2) is 0 Å². The number of benzene rings is 3. The highest BCUT2D eigenvalue weighted by atomic mass is 32.2. The van der Waals surface area contributed by atoms with Gasteiger partial charge < -0.3 is 10.6 Å². The summed E-state index contributed by atoms with van der Waals surface area (Å²) in [6, 6.07) is 22.0. The van der Waals surface area contributed by atoms with E-state index in [4.69, 9.17) is 4.99 Å². The van der Waals surface area contributed by atoms with E-state index in [1.807, 2.05) is 54.6 Å². The second-order valence-corrected chi connectivity index (χ2v) is 12.3. The van der Waals surface area contributed by atoms with E-state index < -0.39 is 15.9 Å². The summed E-state index contributed by atoms with van der Waals surface area (Å²) in [6.07, 6.45) is 2.08. The second kappa shape index (κ2) is 11.0. The van der Waals surface area contributed by atoms with Crippen LogP contribution in [0.4, 0.5) is 11.4 Å². The van der Waals surface area contributed by atoms with E-state index in [1.54, 1.807) is 12.1 Å². The van der Waals surface area contributed by atoms with Crippen molar-refractivity contribution in [1.29, 1.82) is 0 Å². The highest BCUT2D eigenvalue weighted by Gasteiger charge is 2.36. The van der Waals surface area contributed by atoms with Crippen molar-refractivity contribution in [3.05, 3.63) is 89.5 Å². The van der Waals surface area contributed by atoms with Crippen LogP contribution >= 0.6 is 0 Å². The number of carbonyl (C=O) groups is 2. The van der Waals surface area contributed by atoms with E-state index in [2.05, 4.69) is 20.3 Å². The minimum atomic E-state index is -3.71. The van der Waals surface area contributed by atoms with Crippen LogP contribution in [0.5, 0.6) is 0 Å². The minimum Gasteiger partial charge on any atom is -0.354 e. The molecule has 3 N–H and O–H groups in total. The molecular formula is C30H31N5O4S. The fourth-order valence-corrected chi connectivity index (χ4v) is 6.27. The van der Waals surface area contributed by atoms with Gasteiger partial charge in [-0.1, -0.05) is 42.5 Å². The smallest absolute Gasteiger partial charge is 0.240 e. The van der Waals surface area contributed by atoms with Crippen molar-refractivity contribution in [2.45, 2.75) is 30.2 Å². The summed E-state index contributed by atoms with van der Waals surface area (Å²) in [5.74, 6) is -0.590. The molecule has 206 valence electrons. The van der Waals surface area contributed by atoms with Gasteiger partial charge in [0.2, 0.25) is 21.8 Å². The SMILES string of the molecule is O=C1CN(Cc2ccc(N=C(c3ccccc3)C3C(=O)Nc4ccc(S(=O)(=O)NCC5CC5)cc43)cc2)CCN1. The number of nitrogens with zero attached hydrogens (tertiary/aromatic N) is 2. The monoisotopic (exact) mass is 557 g/mol. The topological polar surface area (TPSA) is 120 Å². The summed E-state index contributed by atoms with van der Waals surface area (Å²) >= 11 is 0. The number of hydrogen-bond acceptors (Lipinski definition) is 6. The molecular weight excluding hydrogens is 526 g/mol. The van der Waals surface area contributed by atoms with Crippen LogP contribution in [0.25, 0.3) is 0 Å². The first-order chi connectivity index (χ1) is 19.4. The number of aliphatic imine (C=N–C) groups is 1. The average Bonchev–Trinajstić information content (AvgIpc) is 3.73. The molecule has 2 amide bonds. The molecule has 1 saturated carbocycles. The van der Waals surface area contributed by atoms with Gasteiger partial charge in [-0.05, 0) is 65.8 Å². The number of hydrogen-bond donors (Lipinski definition) is 3. The maximum atomic E-state index is 13.3. The summed E-state index contributed by atoms with van der Waals surface area (Å²) in [7, 11) is -3.71. The van der Waals surface area contributed by atoms with Crippen LogP contribution in [0.15, 0.2) is 82.7 Å². The van der Waals surface area contributed by atoms with Crippen molar-refractivity contribution in [3.8, 4) is 0 Å². The van der Waals surface area contributed by atoms with Crippen molar-refractivity contribution in [2.24, 2.45) is 10.9 Å². The number of nitrogens with one attached hydrogen (secondary N) is 3. The lowest BCUT2D eigenvalue weighted by Crippen LogP contribution is -2.47. The van der Waals surface area contributed by atoms with Gasteiger partial charge in [-0.2, -0.15) is 0 Å². The maximum Gasteiger partial charge on any atom is 0.240 e. The number of sulfonamides is 1. The van der Waals surface area contributed by atoms with Crippen molar-refractivity contribution >= 4 is 38.9 Å². The standard InChI is InChI=1S/C30H31N5O4S/c36-27-19-35(15-14-31-27)18-21-8-10-23(11-9-21)33-29(22-4-2-1-3-5-22)28-25-16-24(12-13-26(25)34-30(28)37)40(38,39)32-17-20-6-7-20/h1-5,8-13,16,20,28,32H,6-7,14-15,17-19H2,(H,31,36)(H,34,37). The Morgan fingerprint density at radius 1 is 1.00 bits per heavy atom. The molecule has 6 rings (SSSR count). The fourth-order valence-electron chi connectivity index (χ4n) is 5.12. The highest BCUT2D eigenvalue weighted by Crippen LogP contribution is 2.38. The molecule has 0 spiro atoms. The van der Waals surface area contributed by atoms with Crippen LogP contribution in [0.1, 0.15) is 35.4 Å². The zero-order chi connectivity index (χ0) is 27.7. The lowest BCUT2D eigenvalue weighted by atomic mass is 9.90. The van der Waals surface area contributed by atoms with E-state index in [1.165, 1.54) is 6.07 Å². The van der Waals surface area contributed by atoms with Crippen LogP contribution < -0.4 is 15.4 Å². The maximum absolute atomic E-state index is 13.3. The fraction of sp³-hybridized carbons (Fsp3) is 0.300. The molecule has 1 aliphatic carbocycles. The lowest BCUT2D eigenvalue weighted by molar-refractivity contribution is -0.124. The van der Waals surface area contributed by atoms with E-state index >= 15 is 0 Å². The Kier molecular flexibility index (Phi) is 7.22. The van der Waals surface area contributed by atoms with Crippen molar-refractivity contribution in [1.82, 2.24) is 14.9 Å². The van der Waals surface area contributed by atoms with Gasteiger partial charge >= 0.3 is 0 Å². The number of amides is 2. The first-order valence-electron chi connectivity index (χ1n) is 13.5. The van der Waals surface area contributed by atoms with Crippen molar-refractivity contribution < 1.29 is 18.0 Å². The third-order valence-electron chi connectivity index (χ3n) is 7.48. The third-order valence-corrected chi connectivity index (χ3v) is 8.90. The van der Waals surface area contributed by atoms with Crippen LogP contribution in [-0.4, -0.2) is 57.0 Å². The Hall–Kier alpha value is -3.86. The Bertz CT molecular complexity index is 1570. The molecule has 3 aliphatic rings. The minimum absolute atomic E-state index is 0.0322. The largest absolute Gasteiger partial charge is 0.354 e. The normalized spacial score (nSPS) is 19.7. The van der Waals surface area contributed by atoms with Crippen LogP contribution in [-0.2, 0) is 26.2 Å². The quantitative estimate of drug-likeness (QED) is 0.349. The van der Waals surface area contributed by atoms with Gasteiger partial charge in [0.05, 0.1) is 22.8 Å². The molecule has 10 heteroatoms. The third kappa shape index (κ3) is 5.84. The molecule has 2 aliphatic heterocycles. The highest BCUT2D eigenvalue weighted by molar-refractivity contribution is 7.89. The Morgan fingerprint density at radius 2 is 1.77 bits per heavy atom. The van der Waals surface area contributed by atoms with Gasteiger partial charge in [0.1, 0.15) is 5.92 Å². The molecule has 3 aromatic carbocycles. The van der Waals surface area contributed by atoms with Gasteiger partial charge in [-0.25, -0.2) is 13.1 Å². The molecule has 9 nitrogen and oxygen atoms in total. The zero-order valence-electron chi connectivity index (χ0n) is 22.0. The Balaban J connectivity index is 1.32. The Morgan fingerprint density at radius 3 is 2.50 bits per heavy atom. The number of rotatable bonds is 9. The summed E-state index contributed by atoms with van der Waals surface area (Å²) in [4.78, 5) is 32.2. The van der Waals surface area contributed by atoms with Gasteiger partial charge in [0, 0.05) is 31.9 Å². The molecule has 0 aromatic heterocycles. The van der Waals surface area contributed by atoms with Gasteiger partial charge in [0.25, 0.3) is 0 Å². The van der Waals surface area contributed by atoms with E-state index in [-0.39, 0.29) is 16.7 Å². The van der Waals surface area contributed by atoms with Crippen LogP contribution in [0.2, 0.25) is 0 Å². The zero-order valence-corrected chi connectivity index (χ0v) is 22.8. The van der Waals surface area contributed by atoms with E-state index in [0.717, 1.165) is 30.5 Å². The predicted molar refractivity (Wildman–Crippen MR) is 153 cm³/mol. The molecule has 0 radical (unpaired) electrons. The number of carbonyl (C=O) groups excluding carboxylic acids is 2. The molecule has 40 heavy (non-hydrogen) atoms. The predicted octanol–water partition coefficient (Wildman–Crippen LogP) is 3.16. The molecule has 1 saturated heterocycles. The van der Waals surface area contributed by atoms with Crippen molar-refractivity contribution in [2.75, 3.05) is 31.5 Å². The van der Waals surface area contributed by atoms with Gasteiger partial charge in [-0.15, -0.1) is 0 Å². The first-order valence-corrected chi connectivity index (χ1v) is 15.0.